The Morgan fingerprint density at radius 3 is 2.76 bits per heavy atom. The van der Waals surface area contributed by atoms with Crippen molar-refractivity contribution >= 4 is 11.2 Å². The summed E-state index contributed by atoms with van der Waals surface area (Å²) in [5.41, 5.74) is 7.28. The molecule has 1 unspecified atom stereocenters. The number of fused-ring (bicyclic) bond motifs is 1. The zero-order valence-corrected chi connectivity index (χ0v) is 10.4. The molecule has 5 heteroatoms. The highest BCUT2D eigenvalue weighted by Gasteiger charge is 2.26. The number of methoxy groups -OCH3 is 1. The van der Waals surface area contributed by atoms with Crippen LogP contribution in [-0.2, 0) is 5.41 Å². The van der Waals surface area contributed by atoms with Crippen LogP contribution in [0.4, 0.5) is 0 Å². The smallest absolute Gasteiger partial charge is 0.215 e. The van der Waals surface area contributed by atoms with Crippen LogP contribution in [0.5, 0.6) is 5.88 Å². The lowest BCUT2D eigenvalue weighted by Gasteiger charge is -2.23. The number of aromatic nitrogens is 3. The zero-order chi connectivity index (χ0) is 12.5. The van der Waals surface area contributed by atoms with Gasteiger partial charge in [0.2, 0.25) is 5.88 Å². The van der Waals surface area contributed by atoms with Crippen molar-refractivity contribution in [2.45, 2.75) is 25.7 Å². The van der Waals surface area contributed by atoms with Crippen LogP contribution < -0.4 is 10.5 Å². The summed E-state index contributed by atoms with van der Waals surface area (Å²) >= 11 is 0. The zero-order valence-electron chi connectivity index (χ0n) is 10.4. The SMILES string of the molecule is CCC(C)(CN)c1nc2nc(OC)ccc2[nH]1. The van der Waals surface area contributed by atoms with Gasteiger partial charge in [-0.15, -0.1) is 0 Å². The topological polar surface area (TPSA) is 76.8 Å². The molecule has 2 aromatic heterocycles. The van der Waals surface area contributed by atoms with Crippen molar-refractivity contribution in [1.82, 2.24) is 15.0 Å². The maximum Gasteiger partial charge on any atom is 0.215 e. The first-order valence-corrected chi connectivity index (χ1v) is 5.74. The Morgan fingerprint density at radius 2 is 2.18 bits per heavy atom. The van der Waals surface area contributed by atoms with E-state index >= 15 is 0 Å². The van der Waals surface area contributed by atoms with E-state index in [9.17, 15) is 0 Å². The Balaban J connectivity index is 2.50. The Morgan fingerprint density at radius 1 is 1.41 bits per heavy atom. The maximum atomic E-state index is 5.82. The standard InChI is InChI=1S/C12H18N4O/c1-4-12(2,7-13)11-14-8-5-6-9(17-3)15-10(8)16-11/h5-6H,4,7,13H2,1-3H3,(H,14,15,16). The molecule has 2 aromatic rings. The summed E-state index contributed by atoms with van der Waals surface area (Å²) in [7, 11) is 1.60. The van der Waals surface area contributed by atoms with Gasteiger partial charge >= 0.3 is 0 Å². The first kappa shape index (κ1) is 11.9. The Hall–Kier alpha value is -1.62. The van der Waals surface area contributed by atoms with Crippen LogP contribution in [0.3, 0.4) is 0 Å². The molecular formula is C12H18N4O. The summed E-state index contributed by atoms with van der Waals surface area (Å²) in [4.78, 5) is 12.1. The molecule has 17 heavy (non-hydrogen) atoms. The molecule has 2 heterocycles. The third kappa shape index (κ3) is 1.98. The van der Waals surface area contributed by atoms with Gasteiger partial charge in [-0.2, -0.15) is 4.98 Å². The molecule has 0 saturated heterocycles. The Labute approximate surface area is 100 Å². The summed E-state index contributed by atoms with van der Waals surface area (Å²) in [5.74, 6) is 1.46. The minimum Gasteiger partial charge on any atom is -0.481 e. The number of ether oxygens (including phenoxy) is 1. The van der Waals surface area contributed by atoms with Gasteiger partial charge in [-0.3, -0.25) is 0 Å². The molecule has 5 nitrogen and oxygen atoms in total. The molecule has 0 spiro atoms. The van der Waals surface area contributed by atoms with E-state index in [2.05, 4.69) is 28.8 Å². The number of H-pyrrole nitrogens is 1. The van der Waals surface area contributed by atoms with Gasteiger partial charge in [0.15, 0.2) is 5.65 Å². The van der Waals surface area contributed by atoms with Gasteiger partial charge in [0, 0.05) is 18.0 Å². The summed E-state index contributed by atoms with van der Waals surface area (Å²) < 4.78 is 5.08. The van der Waals surface area contributed by atoms with Crippen molar-refractivity contribution in [3.63, 3.8) is 0 Å². The molecule has 92 valence electrons. The van der Waals surface area contributed by atoms with Crippen molar-refractivity contribution in [3.05, 3.63) is 18.0 Å². The van der Waals surface area contributed by atoms with Gasteiger partial charge in [0.25, 0.3) is 0 Å². The molecule has 2 rings (SSSR count). The minimum atomic E-state index is -0.131. The summed E-state index contributed by atoms with van der Waals surface area (Å²) in [6.07, 6.45) is 0.931. The molecule has 0 aliphatic heterocycles. The molecule has 0 fully saturated rings. The fraction of sp³-hybridized carbons (Fsp3) is 0.500. The van der Waals surface area contributed by atoms with E-state index in [1.54, 1.807) is 7.11 Å². The fourth-order valence-corrected chi connectivity index (χ4v) is 1.68. The lowest BCUT2D eigenvalue weighted by Crippen LogP contribution is -2.32. The van der Waals surface area contributed by atoms with Gasteiger partial charge in [-0.05, 0) is 12.5 Å². The predicted molar refractivity (Wildman–Crippen MR) is 67.1 cm³/mol. The van der Waals surface area contributed by atoms with Crippen LogP contribution in [0.25, 0.3) is 11.2 Å². The van der Waals surface area contributed by atoms with Crippen molar-refractivity contribution in [2.24, 2.45) is 5.73 Å². The second-order valence-corrected chi connectivity index (χ2v) is 4.43. The van der Waals surface area contributed by atoms with Gasteiger partial charge < -0.3 is 15.5 Å². The fourth-order valence-electron chi connectivity index (χ4n) is 1.68. The Kier molecular flexibility index (Phi) is 3.02. The number of aromatic amines is 1. The van der Waals surface area contributed by atoms with Crippen molar-refractivity contribution in [1.29, 1.82) is 0 Å². The highest BCUT2D eigenvalue weighted by atomic mass is 16.5. The van der Waals surface area contributed by atoms with Crippen LogP contribution in [-0.4, -0.2) is 28.6 Å². The van der Waals surface area contributed by atoms with E-state index in [0.717, 1.165) is 17.8 Å². The molecule has 0 aliphatic rings. The van der Waals surface area contributed by atoms with Crippen molar-refractivity contribution < 1.29 is 4.74 Å². The molecular weight excluding hydrogens is 216 g/mol. The average molecular weight is 234 g/mol. The molecule has 3 N–H and O–H groups in total. The van der Waals surface area contributed by atoms with Gasteiger partial charge in [-0.25, -0.2) is 4.98 Å². The second kappa shape index (κ2) is 4.33. The van der Waals surface area contributed by atoms with E-state index < -0.39 is 0 Å². The lowest BCUT2D eigenvalue weighted by atomic mass is 9.87. The molecule has 0 bridgehead atoms. The molecule has 0 radical (unpaired) electrons. The summed E-state index contributed by atoms with van der Waals surface area (Å²) in [6.45, 7) is 4.76. The first-order valence-electron chi connectivity index (χ1n) is 5.74. The lowest BCUT2D eigenvalue weighted by molar-refractivity contribution is 0.399. The van der Waals surface area contributed by atoms with E-state index in [1.165, 1.54) is 0 Å². The van der Waals surface area contributed by atoms with E-state index in [-0.39, 0.29) is 5.41 Å². The van der Waals surface area contributed by atoms with E-state index in [0.29, 0.717) is 18.1 Å². The number of nitrogens with one attached hydrogen (secondary N) is 1. The van der Waals surface area contributed by atoms with Crippen LogP contribution in [0.1, 0.15) is 26.1 Å². The maximum absolute atomic E-state index is 5.82. The number of imidazole rings is 1. The molecule has 0 aromatic carbocycles. The van der Waals surface area contributed by atoms with Crippen LogP contribution >= 0.6 is 0 Å². The number of rotatable bonds is 4. The highest BCUT2D eigenvalue weighted by molar-refractivity contribution is 5.71. The van der Waals surface area contributed by atoms with E-state index in [1.807, 2.05) is 12.1 Å². The largest absolute Gasteiger partial charge is 0.481 e. The quantitative estimate of drug-likeness (QED) is 0.842. The highest BCUT2D eigenvalue weighted by Crippen LogP contribution is 2.26. The third-order valence-electron chi connectivity index (χ3n) is 3.33. The first-order chi connectivity index (χ1) is 8.12. The molecule has 0 amide bonds. The van der Waals surface area contributed by atoms with Crippen LogP contribution in [0, 0.1) is 0 Å². The van der Waals surface area contributed by atoms with Crippen molar-refractivity contribution in [3.8, 4) is 5.88 Å². The van der Waals surface area contributed by atoms with Crippen LogP contribution in [0.2, 0.25) is 0 Å². The number of nitrogens with zero attached hydrogens (tertiary/aromatic N) is 2. The number of nitrogens with two attached hydrogens (primary N) is 1. The van der Waals surface area contributed by atoms with Crippen molar-refractivity contribution in [2.75, 3.05) is 13.7 Å². The molecule has 1 atom stereocenters. The van der Waals surface area contributed by atoms with Gasteiger partial charge in [-0.1, -0.05) is 13.8 Å². The summed E-state index contributed by atoms with van der Waals surface area (Å²) in [6, 6.07) is 3.74. The summed E-state index contributed by atoms with van der Waals surface area (Å²) in [5, 5.41) is 0. The number of pyridine rings is 1. The second-order valence-electron chi connectivity index (χ2n) is 4.43. The van der Waals surface area contributed by atoms with Gasteiger partial charge in [0.1, 0.15) is 5.82 Å². The van der Waals surface area contributed by atoms with E-state index in [4.69, 9.17) is 10.5 Å². The van der Waals surface area contributed by atoms with Gasteiger partial charge in [0.05, 0.1) is 12.6 Å². The monoisotopic (exact) mass is 234 g/mol. The minimum absolute atomic E-state index is 0.131. The Bertz CT molecular complexity index is 516. The molecule has 0 aliphatic carbocycles. The molecule has 0 saturated carbocycles. The number of hydrogen-bond acceptors (Lipinski definition) is 4. The predicted octanol–water partition coefficient (Wildman–Crippen LogP) is 1.59. The third-order valence-corrected chi connectivity index (χ3v) is 3.33. The van der Waals surface area contributed by atoms with Crippen LogP contribution in [0.15, 0.2) is 12.1 Å². The normalized spacial score (nSPS) is 14.8. The number of hydrogen-bond donors (Lipinski definition) is 2. The average Bonchev–Trinajstić information content (AvgIpc) is 2.80.